The van der Waals surface area contributed by atoms with Gasteiger partial charge in [-0.05, 0) is 94.4 Å². The van der Waals surface area contributed by atoms with Gasteiger partial charge in [-0.2, -0.15) is 0 Å². The van der Waals surface area contributed by atoms with E-state index >= 15 is 0 Å². The third-order valence-corrected chi connectivity index (χ3v) is 7.13. The third-order valence-electron chi connectivity index (χ3n) is 6.78. The second-order valence-corrected chi connectivity index (χ2v) is 9.13. The van der Waals surface area contributed by atoms with Crippen molar-refractivity contribution >= 4 is 23.0 Å². The molecule has 1 saturated heterocycles. The summed E-state index contributed by atoms with van der Waals surface area (Å²) in [6, 6.07) is 17.0. The molecule has 1 aliphatic heterocycles. The molecule has 1 aliphatic rings. The molecule has 0 aliphatic carbocycles. The third kappa shape index (κ3) is 4.55. The topological polar surface area (TPSA) is 56.6 Å². The largest absolute Gasteiger partial charge is 0.396 e. The van der Waals surface area contributed by atoms with Crippen LogP contribution >= 0.6 is 12.2 Å². The lowest BCUT2D eigenvalue weighted by Crippen LogP contribution is -2.31. The van der Waals surface area contributed by atoms with Crippen molar-refractivity contribution in [3.05, 3.63) is 77.4 Å². The van der Waals surface area contributed by atoms with Crippen molar-refractivity contribution in [2.24, 2.45) is 0 Å². The number of aryl methyl sites for hydroxylation is 1. The molecule has 3 aromatic rings. The van der Waals surface area contributed by atoms with Crippen LogP contribution in [-0.4, -0.2) is 50.9 Å². The Bertz CT molecular complexity index is 1110. The fourth-order valence-corrected chi connectivity index (χ4v) is 5.44. The van der Waals surface area contributed by atoms with Crippen LogP contribution in [0.5, 0.6) is 0 Å². The van der Waals surface area contributed by atoms with Gasteiger partial charge in [-0.15, -0.1) is 0 Å². The summed E-state index contributed by atoms with van der Waals surface area (Å²) < 4.78 is 2.32. The predicted octanol–water partition coefficient (Wildman–Crippen LogP) is 4.69. The first-order chi connectivity index (χ1) is 16.5. The SMILES string of the molecule is CCN(CC)c1ccc(-n2c(C)cc([C@@H]3[C@H](c4ccccn4)NC(=S)N3CCCO)c2C)cc1. The molecule has 0 bridgehead atoms. The first kappa shape index (κ1) is 24.2. The van der Waals surface area contributed by atoms with Crippen LogP contribution in [0.1, 0.15) is 55.0 Å². The molecular weight excluding hydrogens is 442 g/mol. The molecule has 1 fully saturated rings. The van der Waals surface area contributed by atoms with Crippen molar-refractivity contribution in [2.75, 3.05) is 31.1 Å². The lowest BCUT2D eigenvalue weighted by atomic mass is 9.96. The summed E-state index contributed by atoms with van der Waals surface area (Å²) in [7, 11) is 0. The number of aromatic nitrogens is 2. The molecule has 0 spiro atoms. The Kier molecular flexibility index (Phi) is 7.54. The van der Waals surface area contributed by atoms with Crippen molar-refractivity contribution < 1.29 is 5.11 Å². The molecule has 34 heavy (non-hydrogen) atoms. The van der Waals surface area contributed by atoms with Crippen LogP contribution in [0.15, 0.2) is 54.7 Å². The fraction of sp³-hybridized carbons (Fsp3) is 0.407. The van der Waals surface area contributed by atoms with Gasteiger partial charge in [0.05, 0.1) is 17.8 Å². The lowest BCUT2D eigenvalue weighted by molar-refractivity contribution is 0.247. The summed E-state index contributed by atoms with van der Waals surface area (Å²) in [4.78, 5) is 9.20. The van der Waals surface area contributed by atoms with Crippen molar-refractivity contribution in [1.29, 1.82) is 0 Å². The number of nitrogens with zero attached hydrogens (tertiary/aromatic N) is 4. The Morgan fingerprint density at radius 1 is 1.09 bits per heavy atom. The number of nitrogens with one attached hydrogen (secondary N) is 1. The average molecular weight is 478 g/mol. The Labute approximate surface area is 208 Å². The van der Waals surface area contributed by atoms with E-state index in [1.807, 2.05) is 24.4 Å². The van der Waals surface area contributed by atoms with E-state index in [0.717, 1.165) is 24.5 Å². The minimum Gasteiger partial charge on any atom is -0.396 e. The van der Waals surface area contributed by atoms with Crippen LogP contribution in [-0.2, 0) is 0 Å². The van der Waals surface area contributed by atoms with Gasteiger partial charge in [-0.1, -0.05) is 6.07 Å². The average Bonchev–Trinajstić information content (AvgIpc) is 3.34. The minimum atomic E-state index is -0.0496. The van der Waals surface area contributed by atoms with E-state index in [4.69, 9.17) is 12.2 Å². The zero-order valence-corrected chi connectivity index (χ0v) is 21.3. The quantitative estimate of drug-likeness (QED) is 0.436. The maximum absolute atomic E-state index is 9.49. The van der Waals surface area contributed by atoms with Gasteiger partial charge in [0.1, 0.15) is 0 Å². The maximum Gasteiger partial charge on any atom is 0.170 e. The molecule has 4 rings (SSSR count). The molecule has 2 N–H and O–H groups in total. The number of anilines is 1. The van der Waals surface area contributed by atoms with Crippen molar-refractivity contribution in [3.8, 4) is 5.69 Å². The number of hydrogen-bond donors (Lipinski definition) is 2. The Morgan fingerprint density at radius 3 is 2.44 bits per heavy atom. The zero-order valence-electron chi connectivity index (χ0n) is 20.5. The van der Waals surface area contributed by atoms with Crippen molar-refractivity contribution in [3.63, 3.8) is 0 Å². The number of rotatable bonds is 9. The number of thiocarbonyl (C=S) groups is 1. The lowest BCUT2D eigenvalue weighted by Gasteiger charge is -2.28. The minimum absolute atomic E-state index is 0.00356. The molecule has 6 nitrogen and oxygen atoms in total. The Balaban J connectivity index is 1.75. The maximum atomic E-state index is 9.49. The van der Waals surface area contributed by atoms with Gasteiger partial charge in [0, 0.05) is 55.2 Å². The van der Waals surface area contributed by atoms with Crippen molar-refractivity contribution in [2.45, 2.75) is 46.2 Å². The Morgan fingerprint density at radius 2 is 1.82 bits per heavy atom. The highest BCUT2D eigenvalue weighted by Gasteiger charge is 2.41. The molecule has 0 saturated carbocycles. The predicted molar refractivity (Wildman–Crippen MR) is 143 cm³/mol. The number of benzene rings is 1. The first-order valence-corrected chi connectivity index (χ1v) is 12.5. The summed E-state index contributed by atoms with van der Waals surface area (Å²) in [5, 5.41) is 13.7. The number of pyridine rings is 1. The van der Waals surface area contributed by atoms with Crippen LogP contribution in [0.4, 0.5) is 5.69 Å². The number of hydrogen-bond acceptors (Lipinski definition) is 4. The molecule has 2 aromatic heterocycles. The summed E-state index contributed by atoms with van der Waals surface area (Å²) in [6.07, 6.45) is 2.49. The van der Waals surface area contributed by atoms with Crippen LogP contribution in [0.2, 0.25) is 0 Å². The van der Waals surface area contributed by atoms with Crippen LogP contribution < -0.4 is 10.2 Å². The number of aliphatic hydroxyl groups excluding tert-OH is 1. The second kappa shape index (κ2) is 10.6. The summed E-state index contributed by atoms with van der Waals surface area (Å²) in [5.74, 6) is 0. The van der Waals surface area contributed by atoms with E-state index in [2.05, 4.69) is 82.7 Å². The van der Waals surface area contributed by atoms with Gasteiger partial charge in [-0.25, -0.2) is 0 Å². The standard InChI is InChI=1S/C27H35N5OS/c1-5-30(6-2)21-11-13-22(14-12-21)32-19(3)18-23(20(32)4)26-25(24-10-7-8-15-28-24)29-27(34)31(26)16-9-17-33/h7-8,10-15,18,25-26,33H,5-6,9,16-17H2,1-4H3,(H,29,34)/t25-,26+/m0/s1. The Hall–Kier alpha value is -2.90. The number of aliphatic hydroxyl groups is 1. The van der Waals surface area contributed by atoms with Gasteiger partial charge < -0.3 is 24.8 Å². The molecule has 0 amide bonds. The molecule has 0 radical (unpaired) electrons. The molecule has 2 atom stereocenters. The van der Waals surface area contributed by atoms with E-state index in [0.29, 0.717) is 18.1 Å². The van der Waals surface area contributed by atoms with Gasteiger partial charge in [0.15, 0.2) is 5.11 Å². The summed E-state index contributed by atoms with van der Waals surface area (Å²) >= 11 is 5.74. The van der Waals surface area contributed by atoms with E-state index in [1.54, 1.807) is 0 Å². The van der Waals surface area contributed by atoms with Crippen LogP contribution in [0, 0.1) is 13.8 Å². The molecule has 0 unspecified atom stereocenters. The van der Waals surface area contributed by atoms with E-state index in [9.17, 15) is 5.11 Å². The van der Waals surface area contributed by atoms with Crippen LogP contribution in [0.3, 0.4) is 0 Å². The van der Waals surface area contributed by atoms with Gasteiger partial charge in [0.2, 0.25) is 0 Å². The fourth-order valence-electron chi connectivity index (χ4n) is 5.11. The van der Waals surface area contributed by atoms with E-state index in [1.165, 1.54) is 22.6 Å². The molecule has 3 heterocycles. The van der Waals surface area contributed by atoms with Crippen LogP contribution in [0.25, 0.3) is 5.69 Å². The van der Waals surface area contributed by atoms with E-state index < -0.39 is 0 Å². The second-order valence-electron chi connectivity index (χ2n) is 8.75. The monoisotopic (exact) mass is 477 g/mol. The normalized spacial score (nSPS) is 17.8. The highest BCUT2D eigenvalue weighted by molar-refractivity contribution is 7.80. The van der Waals surface area contributed by atoms with E-state index in [-0.39, 0.29) is 18.7 Å². The molecule has 1 aromatic carbocycles. The smallest absolute Gasteiger partial charge is 0.170 e. The molecular formula is C27H35N5OS. The first-order valence-electron chi connectivity index (χ1n) is 12.1. The highest BCUT2D eigenvalue weighted by atomic mass is 32.1. The summed E-state index contributed by atoms with van der Waals surface area (Å²) in [5.41, 5.74) is 6.97. The molecule has 180 valence electrons. The zero-order chi connectivity index (χ0) is 24.2. The highest BCUT2D eigenvalue weighted by Crippen LogP contribution is 2.41. The summed E-state index contributed by atoms with van der Waals surface area (Å²) in [6.45, 7) is 11.5. The van der Waals surface area contributed by atoms with Crippen molar-refractivity contribution in [1.82, 2.24) is 19.8 Å². The van der Waals surface area contributed by atoms with Gasteiger partial charge in [-0.3, -0.25) is 4.98 Å². The van der Waals surface area contributed by atoms with Gasteiger partial charge >= 0.3 is 0 Å². The molecule has 7 heteroatoms. The van der Waals surface area contributed by atoms with Gasteiger partial charge in [0.25, 0.3) is 0 Å².